The van der Waals surface area contributed by atoms with Gasteiger partial charge in [0.05, 0.1) is 0 Å². The summed E-state index contributed by atoms with van der Waals surface area (Å²) in [5.74, 6) is 1.97. The van der Waals surface area contributed by atoms with Crippen molar-refractivity contribution in [3.8, 4) is 0 Å². The number of piperazine rings is 1. The molecule has 1 aliphatic carbocycles. The molecule has 0 aromatic heterocycles. The van der Waals surface area contributed by atoms with Gasteiger partial charge in [-0.3, -0.25) is 4.90 Å². The quantitative estimate of drug-likeness (QED) is 0.773. The Bertz CT molecular complexity index is 322. The van der Waals surface area contributed by atoms with Crippen molar-refractivity contribution in [1.82, 2.24) is 14.7 Å². The fraction of sp³-hybridized carbons (Fsp3) is 1.00. The van der Waals surface area contributed by atoms with Crippen molar-refractivity contribution in [2.24, 2.45) is 11.8 Å². The highest BCUT2D eigenvalue weighted by molar-refractivity contribution is 4.87. The Morgan fingerprint density at radius 3 is 2.05 bits per heavy atom. The summed E-state index contributed by atoms with van der Waals surface area (Å²) < 4.78 is 0. The Morgan fingerprint density at radius 2 is 1.50 bits per heavy atom. The number of hydrogen-bond acceptors (Lipinski definition) is 3. The molecule has 0 N–H and O–H groups in total. The number of nitrogens with zero attached hydrogens (tertiary/aromatic N) is 3. The standard InChI is InChI=1S/C19H37N3/c1-4-17-5-7-19(8-6-17)21-11-9-20(10-12-21)13-18-14-22(15-18)16(2)3/h16-19H,4-15H2,1-3H3. The molecule has 0 aromatic rings. The molecule has 1 saturated carbocycles. The van der Waals surface area contributed by atoms with Crippen molar-refractivity contribution in [3.05, 3.63) is 0 Å². The first-order chi connectivity index (χ1) is 10.7. The predicted octanol–water partition coefficient (Wildman–Crippen LogP) is 2.91. The third-order valence-electron chi connectivity index (χ3n) is 6.55. The summed E-state index contributed by atoms with van der Waals surface area (Å²) in [5.41, 5.74) is 0. The van der Waals surface area contributed by atoms with E-state index < -0.39 is 0 Å². The summed E-state index contributed by atoms with van der Waals surface area (Å²) in [4.78, 5) is 8.15. The normalized spacial score (nSPS) is 33.3. The highest BCUT2D eigenvalue weighted by atomic mass is 15.3. The van der Waals surface area contributed by atoms with Crippen LogP contribution in [-0.4, -0.2) is 72.6 Å². The van der Waals surface area contributed by atoms with Gasteiger partial charge in [-0.05, 0) is 51.4 Å². The lowest BCUT2D eigenvalue weighted by molar-refractivity contribution is 0.0172. The second-order valence-corrected chi connectivity index (χ2v) is 8.33. The second kappa shape index (κ2) is 7.63. The Labute approximate surface area is 138 Å². The number of rotatable bonds is 5. The molecule has 3 fully saturated rings. The van der Waals surface area contributed by atoms with Crippen molar-refractivity contribution in [1.29, 1.82) is 0 Å². The maximum absolute atomic E-state index is 2.81. The van der Waals surface area contributed by atoms with Crippen LogP contribution in [0.2, 0.25) is 0 Å². The largest absolute Gasteiger partial charge is 0.300 e. The van der Waals surface area contributed by atoms with Crippen molar-refractivity contribution in [2.45, 2.75) is 65.0 Å². The summed E-state index contributed by atoms with van der Waals surface area (Å²) in [6, 6.07) is 1.65. The van der Waals surface area contributed by atoms with Crippen molar-refractivity contribution in [3.63, 3.8) is 0 Å². The van der Waals surface area contributed by atoms with Crippen LogP contribution in [-0.2, 0) is 0 Å². The van der Waals surface area contributed by atoms with E-state index in [1.807, 2.05) is 0 Å². The van der Waals surface area contributed by atoms with E-state index in [1.54, 1.807) is 0 Å². The zero-order chi connectivity index (χ0) is 15.5. The lowest BCUT2D eigenvalue weighted by Crippen LogP contribution is -2.57. The van der Waals surface area contributed by atoms with Gasteiger partial charge in [-0.25, -0.2) is 0 Å². The average Bonchev–Trinajstić information content (AvgIpc) is 2.51. The fourth-order valence-corrected chi connectivity index (χ4v) is 4.74. The van der Waals surface area contributed by atoms with Gasteiger partial charge in [0.15, 0.2) is 0 Å². The monoisotopic (exact) mass is 307 g/mol. The minimum atomic E-state index is 0.742. The van der Waals surface area contributed by atoms with Gasteiger partial charge in [-0.2, -0.15) is 0 Å². The summed E-state index contributed by atoms with van der Waals surface area (Å²) in [5, 5.41) is 0. The predicted molar refractivity (Wildman–Crippen MR) is 94.2 cm³/mol. The van der Waals surface area contributed by atoms with E-state index in [9.17, 15) is 0 Å². The first kappa shape index (κ1) is 16.7. The van der Waals surface area contributed by atoms with Crippen LogP contribution in [0, 0.1) is 11.8 Å². The van der Waals surface area contributed by atoms with Gasteiger partial charge in [0.2, 0.25) is 0 Å². The zero-order valence-corrected chi connectivity index (χ0v) is 15.1. The van der Waals surface area contributed by atoms with Crippen LogP contribution in [0.15, 0.2) is 0 Å². The first-order valence-corrected chi connectivity index (χ1v) is 9.86. The number of hydrogen-bond donors (Lipinski definition) is 0. The van der Waals surface area contributed by atoms with E-state index in [0.717, 1.165) is 23.9 Å². The van der Waals surface area contributed by atoms with E-state index >= 15 is 0 Å². The van der Waals surface area contributed by atoms with Crippen LogP contribution in [0.4, 0.5) is 0 Å². The van der Waals surface area contributed by atoms with Gasteiger partial charge < -0.3 is 9.80 Å². The molecule has 0 spiro atoms. The van der Waals surface area contributed by atoms with E-state index in [4.69, 9.17) is 0 Å². The van der Waals surface area contributed by atoms with Gasteiger partial charge >= 0.3 is 0 Å². The van der Waals surface area contributed by atoms with Gasteiger partial charge in [0.25, 0.3) is 0 Å². The van der Waals surface area contributed by atoms with Crippen molar-refractivity contribution >= 4 is 0 Å². The van der Waals surface area contributed by atoms with Crippen molar-refractivity contribution in [2.75, 3.05) is 45.8 Å². The Kier molecular flexibility index (Phi) is 5.80. The van der Waals surface area contributed by atoms with Crippen LogP contribution in [0.3, 0.4) is 0 Å². The van der Waals surface area contributed by atoms with Crippen LogP contribution < -0.4 is 0 Å². The molecule has 2 aliphatic heterocycles. The summed E-state index contributed by atoms with van der Waals surface area (Å²) in [6.07, 6.45) is 7.28. The molecule has 3 aliphatic rings. The third-order valence-corrected chi connectivity index (χ3v) is 6.55. The van der Waals surface area contributed by atoms with Crippen LogP contribution in [0.5, 0.6) is 0 Å². The molecule has 0 aromatic carbocycles. The van der Waals surface area contributed by atoms with E-state index in [1.165, 1.54) is 77.9 Å². The van der Waals surface area contributed by atoms with E-state index in [0.29, 0.717) is 0 Å². The molecule has 2 heterocycles. The van der Waals surface area contributed by atoms with E-state index in [2.05, 4.69) is 35.5 Å². The summed E-state index contributed by atoms with van der Waals surface area (Å²) in [7, 11) is 0. The smallest absolute Gasteiger partial charge is 0.0113 e. The lowest BCUT2D eigenvalue weighted by atomic mass is 9.84. The molecule has 22 heavy (non-hydrogen) atoms. The molecule has 2 saturated heterocycles. The molecule has 0 bridgehead atoms. The Balaban J connectivity index is 1.33. The highest BCUT2D eigenvalue weighted by Crippen LogP contribution is 2.30. The third kappa shape index (κ3) is 4.04. The molecule has 0 atom stereocenters. The zero-order valence-electron chi connectivity index (χ0n) is 15.1. The minimum absolute atomic E-state index is 0.742. The summed E-state index contributed by atoms with van der Waals surface area (Å²) >= 11 is 0. The van der Waals surface area contributed by atoms with Gasteiger partial charge in [0.1, 0.15) is 0 Å². The van der Waals surface area contributed by atoms with E-state index in [-0.39, 0.29) is 0 Å². The maximum Gasteiger partial charge on any atom is 0.0113 e. The SMILES string of the molecule is CCC1CCC(N2CCN(CC3CN(C(C)C)C3)CC2)CC1. The second-order valence-electron chi connectivity index (χ2n) is 8.33. The van der Waals surface area contributed by atoms with Crippen molar-refractivity contribution < 1.29 is 0 Å². The molecule has 3 heteroatoms. The molecule has 3 nitrogen and oxygen atoms in total. The Morgan fingerprint density at radius 1 is 0.864 bits per heavy atom. The molecule has 0 radical (unpaired) electrons. The average molecular weight is 308 g/mol. The summed E-state index contributed by atoms with van der Waals surface area (Å²) in [6.45, 7) is 16.3. The molecule has 128 valence electrons. The maximum atomic E-state index is 2.81. The molecular weight excluding hydrogens is 270 g/mol. The molecule has 3 rings (SSSR count). The lowest BCUT2D eigenvalue weighted by Gasteiger charge is -2.46. The number of likely N-dealkylation sites (tertiary alicyclic amines) is 1. The Hall–Kier alpha value is -0.120. The molecule has 0 unspecified atom stereocenters. The van der Waals surface area contributed by atoms with Crippen LogP contribution >= 0.6 is 0 Å². The highest BCUT2D eigenvalue weighted by Gasteiger charge is 2.32. The van der Waals surface area contributed by atoms with Crippen LogP contribution in [0.25, 0.3) is 0 Å². The van der Waals surface area contributed by atoms with Gasteiger partial charge in [0, 0.05) is 57.9 Å². The minimum Gasteiger partial charge on any atom is -0.300 e. The van der Waals surface area contributed by atoms with Gasteiger partial charge in [-0.1, -0.05) is 13.3 Å². The topological polar surface area (TPSA) is 9.72 Å². The molecule has 0 amide bonds. The first-order valence-electron chi connectivity index (χ1n) is 9.86. The fourth-order valence-electron chi connectivity index (χ4n) is 4.74. The van der Waals surface area contributed by atoms with Crippen LogP contribution in [0.1, 0.15) is 52.9 Å². The molecular formula is C19H37N3. The van der Waals surface area contributed by atoms with Gasteiger partial charge in [-0.15, -0.1) is 0 Å².